The maximum Gasteiger partial charge on any atom is 0.329 e. The van der Waals surface area contributed by atoms with E-state index >= 15 is 0 Å². The normalized spacial score (nSPS) is 13.9. The summed E-state index contributed by atoms with van der Waals surface area (Å²) in [5, 5.41) is 11.7. The number of carboxylic acids is 1. The molecule has 2 rings (SSSR count). The number of carboxylic acid groups (broad SMARTS) is 1. The Kier molecular flexibility index (Phi) is 3.74. The van der Waals surface area contributed by atoms with E-state index < -0.39 is 11.5 Å². The number of carbonyl (C=O) groups is 2. The van der Waals surface area contributed by atoms with Gasteiger partial charge in [0.25, 0.3) is 0 Å². The topological polar surface area (TPSA) is 83.7 Å². The number of hydrogen-bond donors (Lipinski definition) is 2. The molecule has 6 nitrogen and oxygen atoms in total. The standard InChI is InChI=1S/C14H17N3O3/c1-3-14(2,13(19)20)16-12(18)8-10-9-17-7-5-4-6-11(17)15-10/h4-7,9H,3,8H2,1-2H3,(H,16,18)(H,19,20). The molecule has 2 N–H and O–H groups in total. The monoisotopic (exact) mass is 275 g/mol. The first kappa shape index (κ1) is 14.0. The number of aliphatic carboxylic acids is 1. The molecule has 2 aromatic heterocycles. The molecule has 0 saturated heterocycles. The zero-order valence-corrected chi connectivity index (χ0v) is 11.5. The molecule has 0 bridgehead atoms. The van der Waals surface area contributed by atoms with Crippen LogP contribution in [-0.4, -0.2) is 31.9 Å². The number of rotatable bonds is 5. The fourth-order valence-corrected chi connectivity index (χ4v) is 1.88. The van der Waals surface area contributed by atoms with Gasteiger partial charge in [0.05, 0.1) is 12.1 Å². The number of pyridine rings is 1. The Bertz CT molecular complexity index is 617. The van der Waals surface area contributed by atoms with Crippen LogP contribution in [-0.2, 0) is 16.0 Å². The summed E-state index contributed by atoms with van der Waals surface area (Å²) in [5.74, 6) is -1.39. The summed E-state index contributed by atoms with van der Waals surface area (Å²) in [4.78, 5) is 27.4. The zero-order valence-electron chi connectivity index (χ0n) is 11.5. The van der Waals surface area contributed by atoms with Crippen LogP contribution in [0.4, 0.5) is 0 Å². The molecule has 106 valence electrons. The van der Waals surface area contributed by atoms with Crippen molar-refractivity contribution < 1.29 is 14.7 Å². The lowest BCUT2D eigenvalue weighted by molar-refractivity contribution is -0.146. The molecule has 0 saturated carbocycles. The summed E-state index contributed by atoms with van der Waals surface area (Å²) in [6.07, 6.45) is 3.99. The molecule has 2 aromatic rings. The molecule has 0 aliphatic heterocycles. The third-order valence-electron chi connectivity index (χ3n) is 3.35. The van der Waals surface area contributed by atoms with Gasteiger partial charge in [-0.3, -0.25) is 4.79 Å². The highest BCUT2D eigenvalue weighted by atomic mass is 16.4. The van der Waals surface area contributed by atoms with E-state index in [1.54, 1.807) is 13.1 Å². The van der Waals surface area contributed by atoms with Gasteiger partial charge in [0.2, 0.25) is 5.91 Å². The SMILES string of the molecule is CCC(C)(NC(=O)Cc1cn2ccccc2n1)C(=O)O. The third-order valence-corrected chi connectivity index (χ3v) is 3.35. The molecular weight excluding hydrogens is 258 g/mol. The smallest absolute Gasteiger partial charge is 0.329 e. The van der Waals surface area contributed by atoms with Gasteiger partial charge in [-0.2, -0.15) is 0 Å². The Morgan fingerprint density at radius 3 is 2.80 bits per heavy atom. The number of aromatic nitrogens is 2. The average molecular weight is 275 g/mol. The van der Waals surface area contributed by atoms with Crippen LogP contribution in [0, 0.1) is 0 Å². The first-order valence-corrected chi connectivity index (χ1v) is 6.41. The zero-order chi connectivity index (χ0) is 14.8. The van der Waals surface area contributed by atoms with Gasteiger partial charge in [0, 0.05) is 12.4 Å². The summed E-state index contributed by atoms with van der Waals surface area (Å²) in [7, 11) is 0. The fraction of sp³-hybridized carbons (Fsp3) is 0.357. The molecule has 0 radical (unpaired) electrons. The third kappa shape index (κ3) is 2.79. The van der Waals surface area contributed by atoms with Gasteiger partial charge < -0.3 is 14.8 Å². The van der Waals surface area contributed by atoms with Gasteiger partial charge in [-0.25, -0.2) is 9.78 Å². The van der Waals surface area contributed by atoms with Crippen molar-refractivity contribution in [1.29, 1.82) is 0 Å². The van der Waals surface area contributed by atoms with E-state index in [2.05, 4.69) is 10.3 Å². The highest BCUT2D eigenvalue weighted by molar-refractivity contribution is 5.87. The van der Waals surface area contributed by atoms with Gasteiger partial charge in [-0.05, 0) is 25.5 Å². The number of carbonyl (C=O) groups excluding carboxylic acids is 1. The van der Waals surface area contributed by atoms with E-state index in [9.17, 15) is 9.59 Å². The summed E-state index contributed by atoms with van der Waals surface area (Å²) in [6.45, 7) is 3.22. The molecular formula is C14H17N3O3. The van der Waals surface area contributed by atoms with E-state index in [0.717, 1.165) is 5.65 Å². The fourth-order valence-electron chi connectivity index (χ4n) is 1.88. The Labute approximate surface area is 116 Å². The number of hydrogen-bond acceptors (Lipinski definition) is 3. The van der Waals surface area contributed by atoms with Crippen molar-refractivity contribution in [1.82, 2.24) is 14.7 Å². The number of fused-ring (bicyclic) bond motifs is 1. The predicted octanol–water partition coefficient (Wildman–Crippen LogP) is 1.25. The van der Waals surface area contributed by atoms with Crippen molar-refractivity contribution in [3.63, 3.8) is 0 Å². The van der Waals surface area contributed by atoms with Crippen LogP contribution in [0.15, 0.2) is 30.6 Å². The highest BCUT2D eigenvalue weighted by Gasteiger charge is 2.32. The molecule has 0 spiro atoms. The highest BCUT2D eigenvalue weighted by Crippen LogP contribution is 2.10. The number of nitrogens with zero attached hydrogens (tertiary/aromatic N) is 2. The van der Waals surface area contributed by atoms with Crippen molar-refractivity contribution in [2.24, 2.45) is 0 Å². The van der Waals surface area contributed by atoms with Crippen LogP contribution in [0.2, 0.25) is 0 Å². The molecule has 2 heterocycles. The van der Waals surface area contributed by atoms with E-state index in [1.807, 2.05) is 28.8 Å². The first-order valence-electron chi connectivity index (χ1n) is 6.41. The van der Waals surface area contributed by atoms with E-state index in [1.165, 1.54) is 6.92 Å². The molecule has 1 unspecified atom stereocenters. The van der Waals surface area contributed by atoms with Crippen molar-refractivity contribution in [2.75, 3.05) is 0 Å². The lowest BCUT2D eigenvalue weighted by Crippen LogP contribution is -2.52. The van der Waals surface area contributed by atoms with E-state index in [4.69, 9.17) is 5.11 Å². The Hall–Kier alpha value is -2.37. The lowest BCUT2D eigenvalue weighted by Gasteiger charge is -2.24. The Morgan fingerprint density at radius 1 is 1.45 bits per heavy atom. The maximum atomic E-state index is 11.9. The summed E-state index contributed by atoms with van der Waals surface area (Å²) in [6, 6.07) is 5.58. The maximum absolute atomic E-state index is 11.9. The van der Waals surface area contributed by atoms with Crippen LogP contribution in [0.25, 0.3) is 5.65 Å². The van der Waals surface area contributed by atoms with Crippen LogP contribution in [0.3, 0.4) is 0 Å². The molecule has 20 heavy (non-hydrogen) atoms. The van der Waals surface area contributed by atoms with Gasteiger partial charge >= 0.3 is 5.97 Å². The molecule has 0 aliphatic carbocycles. The molecule has 6 heteroatoms. The second kappa shape index (κ2) is 5.32. The van der Waals surface area contributed by atoms with Crippen molar-refractivity contribution in [3.8, 4) is 0 Å². The molecule has 0 fully saturated rings. The second-order valence-electron chi connectivity index (χ2n) is 4.91. The lowest BCUT2D eigenvalue weighted by atomic mass is 9.99. The minimum Gasteiger partial charge on any atom is -0.480 e. The Morgan fingerprint density at radius 2 is 2.20 bits per heavy atom. The molecule has 0 aliphatic rings. The van der Waals surface area contributed by atoms with Gasteiger partial charge in [-0.1, -0.05) is 13.0 Å². The predicted molar refractivity (Wildman–Crippen MR) is 73.4 cm³/mol. The summed E-state index contributed by atoms with van der Waals surface area (Å²) >= 11 is 0. The minimum atomic E-state index is -1.24. The van der Waals surface area contributed by atoms with Crippen molar-refractivity contribution in [2.45, 2.75) is 32.2 Å². The minimum absolute atomic E-state index is 0.0601. The van der Waals surface area contributed by atoms with Crippen LogP contribution < -0.4 is 5.32 Å². The number of amides is 1. The van der Waals surface area contributed by atoms with Gasteiger partial charge in [0.1, 0.15) is 11.2 Å². The van der Waals surface area contributed by atoms with Crippen LogP contribution >= 0.6 is 0 Å². The number of imidazole rings is 1. The van der Waals surface area contributed by atoms with E-state index in [0.29, 0.717) is 12.1 Å². The Balaban J connectivity index is 2.09. The first-order chi connectivity index (χ1) is 9.44. The van der Waals surface area contributed by atoms with Gasteiger partial charge in [-0.15, -0.1) is 0 Å². The second-order valence-corrected chi connectivity index (χ2v) is 4.91. The number of nitrogens with one attached hydrogen (secondary N) is 1. The molecule has 1 amide bonds. The molecule has 0 aromatic carbocycles. The summed E-state index contributed by atoms with van der Waals surface area (Å²) < 4.78 is 1.82. The quantitative estimate of drug-likeness (QED) is 0.860. The van der Waals surface area contributed by atoms with Crippen LogP contribution in [0.1, 0.15) is 26.0 Å². The summed E-state index contributed by atoms with van der Waals surface area (Å²) in [5.41, 5.74) is 0.125. The molecule has 1 atom stereocenters. The van der Waals surface area contributed by atoms with Crippen molar-refractivity contribution >= 4 is 17.5 Å². The van der Waals surface area contributed by atoms with Gasteiger partial charge in [0.15, 0.2) is 0 Å². The van der Waals surface area contributed by atoms with E-state index in [-0.39, 0.29) is 12.3 Å². The largest absolute Gasteiger partial charge is 0.480 e. The average Bonchev–Trinajstić information content (AvgIpc) is 2.79. The van der Waals surface area contributed by atoms with Crippen molar-refractivity contribution in [3.05, 3.63) is 36.3 Å². The van der Waals surface area contributed by atoms with Crippen LogP contribution in [0.5, 0.6) is 0 Å².